The monoisotopic (exact) mass is 610 g/mol. The highest BCUT2D eigenvalue weighted by molar-refractivity contribution is 9.39. The van der Waals surface area contributed by atoms with Gasteiger partial charge in [-0.15, -0.1) is 10.1 Å². The second kappa shape index (κ2) is 11.7. The largest absolute Gasteiger partial charge is 0.508 e. The van der Waals surface area contributed by atoms with E-state index in [4.69, 9.17) is 15.2 Å². The lowest BCUT2D eigenvalue weighted by Gasteiger charge is -2.33. The van der Waals surface area contributed by atoms with Crippen LogP contribution < -0.4 is 25.8 Å². The fourth-order valence-corrected chi connectivity index (χ4v) is 26.5. The number of hydrogen-bond acceptors (Lipinski definition) is 13. The van der Waals surface area contributed by atoms with E-state index < -0.39 is 28.1 Å². The Morgan fingerprint density at radius 2 is 1.51 bits per heavy atom. The van der Waals surface area contributed by atoms with E-state index in [0.29, 0.717) is 10.6 Å². The van der Waals surface area contributed by atoms with Crippen LogP contribution in [0, 0.1) is 10.1 Å². The Labute approximate surface area is 229 Å². The number of ether oxygens (including phenoxy) is 2. The molecule has 0 aromatic heterocycles. The van der Waals surface area contributed by atoms with Gasteiger partial charge in [-0.25, -0.2) is 4.79 Å². The third-order valence-corrected chi connectivity index (χ3v) is 27.9. The zero-order chi connectivity index (χ0) is 28.2. The fourth-order valence-electron chi connectivity index (χ4n) is 3.30. The van der Waals surface area contributed by atoms with Gasteiger partial charge < -0.3 is 25.2 Å². The number of phenols is 1. The molecule has 0 saturated carbocycles. The Kier molecular flexibility index (Phi) is 8.60. The maximum Gasteiger partial charge on any atom is 0.347 e. The predicted octanol–water partition coefficient (Wildman–Crippen LogP) is 4.90. The molecule has 0 amide bonds. The number of aromatic hydroxyl groups is 1. The van der Waals surface area contributed by atoms with Crippen LogP contribution in [-0.2, 0) is 18.8 Å². The average Bonchev–Trinajstić information content (AvgIpc) is 2.87. The summed E-state index contributed by atoms with van der Waals surface area (Å²) in [4.78, 5) is 39.3. The minimum atomic E-state index is -3.06. The summed E-state index contributed by atoms with van der Waals surface area (Å²) in [6, 6.07) is 15.8. The van der Waals surface area contributed by atoms with Crippen LogP contribution in [0.5, 0.6) is 17.2 Å². The summed E-state index contributed by atoms with van der Waals surface area (Å²) >= 11 is 1.81. The Balaban J connectivity index is 1.39. The Bertz CT molecular complexity index is 1500. The van der Waals surface area contributed by atoms with Gasteiger partial charge in [0.05, 0.1) is 6.61 Å². The second-order valence-electron chi connectivity index (χ2n) is 7.95. The van der Waals surface area contributed by atoms with Gasteiger partial charge in [0, 0.05) is 22.7 Å². The van der Waals surface area contributed by atoms with E-state index in [1.54, 1.807) is 0 Å². The Morgan fingerprint density at radius 3 is 2.10 bits per heavy atom. The molecule has 16 heteroatoms. The van der Waals surface area contributed by atoms with Crippen LogP contribution in [0.1, 0.15) is 23.2 Å². The number of benzene rings is 3. The lowest BCUT2D eigenvalue weighted by molar-refractivity contribution is -0.757. The molecule has 1 fully saturated rings. The molecule has 1 saturated heterocycles. The highest BCUT2D eigenvalue weighted by atomic mass is 33.6. The number of nitrogen functional groups attached to an aromatic ring is 1. The highest BCUT2D eigenvalue weighted by Crippen LogP contribution is 3.03. The summed E-state index contributed by atoms with van der Waals surface area (Å²) in [5.74, 6) is -1.56. The first-order valence-electron chi connectivity index (χ1n) is 11.1. The predicted molar refractivity (Wildman–Crippen MR) is 148 cm³/mol. The van der Waals surface area contributed by atoms with Gasteiger partial charge >= 0.3 is 11.9 Å². The molecule has 39 heavy (non-hydrogen) atoms. The SMILES string of the molecule is Nc1ccc(OC(=O)CCCO[N+](=O)[O-])c(C(=O)Oc2ccc(P3(=O)SP(=O)(c4ccc(O)cc4)S3)cc2)c1. The Hall–Kier alpha value is -3.44. The van der Waals surface area contributed by atoms with Crippen LogP contribution in [0.2, 0.25) is 0 Å². The number of nitrogens with zero attached hydrogens (tertiary/aromatic N) is 1. The highest BCUT2D eigenvalue weighted by Gasteiger charge is 2.53. The van der Waals surface area contributed by atoms with Gasteiger partial charge in [-0.2, -0.15) is 0 Å². The number of carbonyl (C=O) groups is 2. The van der Waals surface area contributed by atoms with E-state index in [1.807, 2.05) is 0 Å². The van der Waals surface area contributed by atoms with Crippen molar-refractivity contribution in [1.29, 1.82) is 0 Å². The van der Waals surface area contributed by atoms with Gasteiger partial charge in [0.15, 0.2) is 0 Å². The van der Waals surface area contributed by atoms with Crippen molar-refractivity contribution >= 4 is 61.3 Å². The van der Waals surface area contributed by atoms with Gasteiger partial charge in [0.25, 0.3) is 5.09 Å². The molecule has 1 heterocycles. The first-order valence-corrected chi connectivity index (χ1v) is 18.6. The molecule has 0 spiro atoms. The minimum Gasteiger partial charge on any atom is -0.508 e. The Morgan fingerprint density at radius 1 is 0.923 bits per heavy atom. The molecular formula is C23H20N2O10P2S2. The van der Waals surface area contributed by atoms with Crippen LogP contribution >= 0.6 is 33.1 Å². The summed E-state index contributed by atoms with van der Waals surface area (Å²) in [6.45, 7) is -0.285. The van der Waals surface area contributed by atoms with Crippen molar-refractivity contribution in [3.05, 3.63) is 82.4 Å². The van der Waals surface area contributed by atoms with Crippen molar-refractivity contribution in [2.24, 2.45) is 0 Å². The first-order chi connectivity index (χ1) is 18.5. The number of phenolic OH excluding ortho intramolecular Hbond substituents is 1. The number of carbonyl (C=O) groups excluding carboxylic acids is 2. The van der Waals surface area contributed by atoms with E-state index in [-0.39, 0.29) is 47.9 Å². The summed E-state index contributed by atoms with van der Waals surface area (Å²) in [6.07, 6.45) is -0.157. The molecule has 1 aliphatic heterocycles. The molecule has 0 radical (unpaired) electrons. The zero-order valence-electron chi connectivity index (χ0n) is 19.8. The third kappa shape index (κ3) is 6.96. The molecule has 204 valence electrons. The normalized spacial score (nSPS) is 19.9. The quantitative estimate of drug-likeness (QED) is 0.0601. The summed E-state index contributed by atoms with van der Waals surface area (Å²) in [5.41, 5.74) is -0.167. The third-order valence-electron chi connectivity index (χ3n) is 5.13. The number of nitrogens with two attached hydrogens (primary N) is 1. The zero-order valence-corrected chi connectivity index (χ0v) is 23.3. The summed E-state index contributed by atoms with van der Waals surface area (Å²) in [7, 11) is 0. The lowest BCUT2D eigenvalue weighted by atomic mass is 10.1. The molecule has 1 aliphatic rings. The van der Waals surface area contributed by atoms with Crippen LogP contribution in [0.3, 0.4) is 0 Å². The maximum atomic E-state index is 13.3. The molecular weight excluding hydrogens is 590 g/mol. The number of rotatable bonds is 10. The van der Waals surface area contributed by atoms with Crippen molar-refractivity contribution in [2.45, 2.75) is 12.8 Å². The van der Waals surface area contributed by atoms with Gasteiger partial charge in [-0.3, -0.25) is 13.9 Å². The minimum absolute atomic E-state index is 0.0335. The van der Waals surface area contributed by atoms with E-state index in [1.165, 1.54) is 66.7 Å². The molecule has 0 atom stereocenters. The van der Waals surface area contributed by atoms with Crippen LogP contribution in [0.15, 0.2) is 66.7 Å². The van der Waals surface area contributed by atoms with Gasteiger partial charge in [0.2, 0.25) is 11.1 Å². The molecule has 0 bridgehead atoms. The molecule has 3 aromatic rings. The topological polar surface area (TPSA) is 185 Å². The molecule has 0 aliphatic carbocycles. The van der Waals surface area contributed by atoms with Crippen molar-refractivity contribution in [1.82, 2.24) is 0 Å². The number of anilines is 1. The van der Waals surface area contributed by atoms with E-state index in [2.05, 4.69) is 4.84 Å². The van der Waals surface area contributed by atoms with Gasteiger partial charge in [-0.1, -0.05) is 0 Å². The number of esters is 2. The molecule has 4 rings (SSSR count). The molecule has 12 nitrogen and oxygen atoms in total. The van der Waals surface area contributed by atoms with Crippen LogP contribution in [0.25, 0.3) is 0 Å². The van der Waals surface area contributed by atoms with Crippen LogP contribution in [-0.4, -0.2) is 28.7 Å². The number of hydrogen-bond donors (Lipinski definition) is 2. The maximum absolute atomic E-state index is 13.3. The first kappa shape index (κ1) is 28.6. The average molecular weight is 610 g/mol. The second-order valence-corrected chi connectivity index (χ2v) is 22.8. The standard InChI is InChI=1S/C23H20N2O10P2S2/c24-15-3-12-21(35-22(27)2-1-13-33-25(29)30)20(14-15)23(28)34-17-6-10-19(11-7-17)37(32)38-36(31,39-37)18-8-4-16(26)5-9-18/h3-12,14,26H,1-2,13,24H2. The van der Waals surface area contributed by atoms with Crippen molar-refractivity contribution in [3.8, 4) is 17.2 Å². The van der Waals surface area contributed by atoms with Crippen molar-refractivity contribution in [3.63, 3.8) is 0 Å². The van der Waals surface area contributed by atoms with E-state index in [9.17, 15) is 33.9 Å². The van der Waals surface area contributed by atoms with Crippen molar-refractivity contribution < 1.29 is 43.2 Å². The van der Waals surface area contributed by atoms with Crippen molar-refractivity contribution in [2.75, 3.05) is 12.3 Å². The summed E-state index contributed by atoms with van der Waals surface area (Å²) in [5, 5.41) is 19.6. The molecule has 3 aromatic carbocycles. The van der Waals surface area contributed by atoms with Gasteiger partial charge in [0.1, 0.15) is 22.8 Å². The summed E-state index contributed by atoms with van der Waals surface area (Å²) < 4.78 is 37.0. The van der Waals surface area contributed by atoms with Gasteiger partial charge in [-0.05, 0) is 95.2 Å². The lowest BCUT2D eigenvalue weighted by Crippen LogP contribution is -2.15. The van der Waals surface area contributed by atoms with E-state index >= 15 is 0 Å². The smallest absolute Gasteiger partial charge is 0.347 e. The van der Waals surface area contributed by atoms with Crippen LogP contribution in [0.4, 0.5) is 5.69 Å². The van der Waals surface area contributed by atoms with E-state index in [0.717, 1.165) is 22.0 Å². The molecule has 0 unspecified atom stereocenters. The molecule has 3 N–H and O–H groups in total. The fraction of sp³-hybridized carbons (Fsp3) is 0.130.